The summed E-state index contributed by atoms with van der Waals surface area (Å²) in [4.78, 5) is 4.63. The van der Waals surface area contributed by atoms with E-state index < -0.39 is 10.0 Å². The lowest BCUT2D eigenvalue weighted by atomic mass is 10.0. The number of hydrogen-bond donors (Lipinski definition) is 2. The number of rotatable bonds is 6. The first kappa shape index (κ1) is 21.9. The Morgan fingerprint density at radius 3 is 2.71 bits per heavy atom. The molecule has 2 N–H and O–H groups in total. The van der Waals surface area contributed by atoms with Gasteiger partial charge in [-0.15, -0.1) is 24.0 Å². The average molecular weight is 474 g/mol. The number of guanidine groups is 1. The quantitative estimate of drug-likeness (QED) is 0.341. The van der Waals surface area contributed by atoms with Gasteiger partial charge in [0.05, 0.1) is 18.4 Å². The van der Waals surface area contributed by atoms with Gasteiger partial charge in [-0.2, -0.15) is 0 Å². The number of halogens is 1. The fourth-order valence-electron chi connectivity index (χ4n) is 3.06. The van der Waals surface area contributed by atoms with Crippen LogP contribution in [0.25, 0.3) is 0 Å². The molecular weight excluding hydrogens is 443 g/mol. The first-order valence-electron chi connectivity index (χ1n) is 8.44. The van der Waals surface area contributed by atoms with Crippen molar-refractivity contribution in [2.24, 2.45) is 10.9 Å². The maximum Gasteiger partial charge on any atom is 0.211 e. The monoisotopic (exact) mass is 474 g/mol. The Kier molecular flexibility index (Phi) is 8.71. The van der Waals surface area contributed by atoms with E-state index in [9.17, 15) is 8.42 Å². The van der Waals surface area contributed by atoms with Gasteiger partial charge >= 0.3 is 0 Å². The molecule has 0 aromatic rings. The van der Waals surface area contributed by atoms with Gasteiger partial charge in [0, 0.05) is 32.8 Å². The Bertz CT molecular complexity index is 521. The maximum absolute atomic E-state index is 11.6. The van der Waals surface area contributed by atoms with Gasteiger partial charge in [0.15, 0.2) is 5.96 Å². The summed E-state index contributed by atoms with van der Waals surface area (Å²) in [7, 11) is -3.07. The van der Waals surface area contributed by atoms with Crippen molar-refractivity contribution in [1.82, 2.24) is 14.9 Å². The molecule has 142 valence electrons. The molecule has 2 aliphatic rings. The van der Waals surface area contributed by atoms with Crippen LogP contribution in [0.1, 0.15) is 33.1 Å². The van der Waals surface area contributed by atoms with Crippen LogP contribution in [0.15, 0.2) is 4.99 Å². The van der Waals surface area contributed by atoms with Crippen LogP contribution in [0.5, 0.6) is 0 Å². The molecule has 0 aliphatic carbocycles. The molecule has 0 radical (unpaired) electrons. The van der Waals surface area contributed by atoms with E-state index in [0.29, 0.717) is 25.6 Å². The molecule has 7 nitrogen and oxygen atoms in total. The summed E-state index contributed by atoms with van der Waals surface area (Å²) in [5.41, 5.74) is -0.150. The molecule has 24 heavy (non-hydrogen) atoms. The number of nitrogens with zero attached hydrogens (tertiary/aromatic N) is 2. The summed E-state index contributed by atoms with van der Waals surface area (Å²) < 4.78 is 30.4. The SMILES string of the molecule is CCNC(=NCC1(C)CCCO1)NCC1CCN(S(C)(=O)=O)C1.I. The van der Waals surface area contributed by atoms with Crippen molar-refractivity contribution >= 4 is 40.0 Å². The van der Waals surface area contributed by atoms with E-state index in [1.54, 1.807) is 4.31 Å². The largest absolute Gasteiger partial charge is 0.373 e. The number of sulfonamides is 1. The molecule has 0 aromatic carbocycles. The lowest BCUT2D eigenvalue weighted by Gasteiger charge is -2.22. The molecular formula is C15H31IN4O3S. The Morgan fingerprint density at radius 2 is 2.17 bits per heavy atom. The van der Waals surface area contributed by atoms with Crippen molar-refractivity contribution in [3.05, 3.63) is 0 Å². The fourth-order valence-corrected chi connectivity index (χ4v) is 3.97. The molecule has 0 amide bonds. The van der Waals surface area contributed by atoms with E-state index in [-0.39, 0.29) is 29.6 Å². The molecule has 9 heteroatoms. The smallest absolute Gasteiger partial charge is 0.211 e. The highest BCUT2D eigenvalue weighted by molar-refractivity contribution is 14.0. The summed E-state index contributed by atoms with van der Waals surface area (Å²) in [6, 6.07) is 0. The molecule has 0 bridgehead atoms. The number of nitrogens with one attached hydrogen (secondary N) is 2. The number of aliphatic imine (C=N–C) groups is 1. The van der Waals surface area contributed by atoms with Gasteiger partial charge in [-0.05, 0) is 39.0 Å². The van der Waals surface area contributed by atoms with E-state index >= 15 is 0 Å². The van der Waals surface area contributed by atoms with Gasteiger partial charge < -0.3 is 15.4 Å². The van der Waals surface area contributed by atoms with Crippen molar-refractivity contribution in [1.29, 1.82) is 0 Å². The standard InChI is InChI=1S/C15H30N4O3S.HI/c1-4-16-14(18-12-15(2)7-5-9-22-15)17-10-13-6-8-19(11-13)23(3,20)21;/h13H,4-12H2,1-3H3,(H2,16,17,18);1H. The predicted octanol–water partition coefficient (Wildman–Crippen LogP) is 1.01. The summed E-state index contributed by atoms with van der Waals surface area (Å²) in [5, 5.41) is 6.58. The normalized spacial score (nSPS) is 28.6. The Balaban J connectivity index is 0.00000288. The van der Waals surface area contributed by atoms with E-state index in [4.69, 9.17) is 4.74 Å². The maximum atomic E-state index is 11.6. The summed E-state index contributed by atoms with van der Waals surface area (Å²) in [6.07, 6.45) is 4.30. The second-order valence-corrected chi connectivity index (χ2v) is 8.74. The minimum Gasteiger partial charge on any atom is -0.373 e. The highest BCUT2D eigenvalue weighted by Crippen LogP contribution is 2.25. The molecule has 2 fully saturated rings. The van der Waals surface area contributed by atoms with Crippen LogP contribution in [-0.2, 0) is 14.8 Å². The predicted molar refractivity (Wildman–Crippen MR) is 108 cm³/mol. The molecule has 2 saturated heterocycles. The first-order chi connectivity index (χ1) is 10.8. The van der Waals surface area contributed by atoms with Crippen molar-refractivity contribution in [2.45, 2.75) is 38.7 Å². The van der Waals surface area contributed by atoms with Crippen LogP contribution >= 0.6 is 24.0 Å². The van der Waals surface area contributed by atoms with Crippen molar-refractivity contribution in [3.8, 4) is 0 Å². The topological polar surface area (TPSA) is 83.0 Å². The van der Waals surface area contributed by atoms with Gasteiger partial charge in [-0.1, -0.05) is 0 Å². The first-order valence-corrected chi connectivity index (χ1v) is 10.3. The van der Waals surface area contributed by atoms with Gasteiger partial charge in [-0.25, -0.2) is 12.7 Å². The van der Waals surface area contributed by atoms with Crippen molar-refractivity contribution < 1.29 is 13.2 Å². The van der Waals surface area contributed by atoms with Gasteiger partial charge in [0.2, 0.25) is 10.0 Å². The fraction of sp³-hybridized carbons (Fsp3) is 0.933. The van der Waals surface area contributed by atoms with Crippen LogP contribution < -0.4 is 10.6 Å². The highest BCUT2D eigenvalue weighted by atomic mass is 127. The molecule has 0 spiro atoms. The molecule has 0 aromatic heterocycles. The molecule has 2 aliphatic heterocycles. The molecule has 0 saturated carbocycles. The van der Waals surface area contributed by atoms with E-state index in [1.807, 2.05) is 6.92 Å². The molecule has 2 unspecified atom stereocenters. The Hall–Kier alpha value is -0.130. The minimum absolute atomic E-state index is 0. The summed E-state index contributed by atoms with van der Waals surface area (Å²) in [5.74, 6) is 1.11. The van der Waals surface area contributed by atoms with E-state index in [1.165, 1.54) is 6.26 Å². The summed E-state index contributed by atoms with van der Waals surface area (Å²) >= 11 is 0. The summed E-state index contributed by atoms with van der Waals surface area (Å²) in [6.45, 7) is 8.33. The highest BCUT2D eigenvalue weighted by Gasteiger charge is 2.30. The van der Waals surface area contributed by atoms with E-state index in [2.05, 4.69) is 22.5 Å². The second kappa shape index (κ2) is 9.54. The van der Waals surface area contributed by atoms with Crippen molar-refractivity contribution in [2.75, 3.05) is 45.6 Å². The third-order valence-corrected chi connectivity index (χ3v) is 5.76. The van der Waals surface area contributed by atoms with Gasteiger partial charge in [0.1, 0.15) is 0 Å². The van der Waals surface area contributed by atoms with E-state index in [0.717, 1.165) is 44.9 Å². The number of ether oxygens (including phenoxy) is 1. The molecule has 2 rings (SSSR count). The lowest BCUT2D eigenvalue weighted by molar-refractivity contribution is 0.0283. The zero-order valence-corrected chi connectivity index (χ0v) is 18.0. The van der Waals surface area contributed by atoms with Crippen molar-refractivity contribution in [3.63, 3.8) is 0 Å². The third-order valence-electron chi connectivity index (χ3n) is 4.49. The van der Waals surface area contributed by atoms with Crippen LogP contribution in [-0.4, -0.2) is 69.9 Å². The van der Waals surface area contributed by atoms with Gasteiger partial charge in [-0.3, -0.25) is 4.99 Å². The minimum atomic E-state index is -3.07. The second-order valence-electron chi connectivity index (χ2n) is 6.75. The average Bonchev–Trinajstić information content (AvgIpc) is 3.11. The Morgan fingerprint density at radius 1 is 1.42 bits per heavy atom. The molecule has 2 heterocycles. The van der Waals surface area contributed by atoms with Crippen LogP contribution in [0.4, 0.5) is 0 Å². The zero-order chi connectivity index (χ0) is 16.9. The van der Waals surface area contributed by atoms with Gasteiger partial charge in [0.25, 0.3) is 0 Å². The van der Waals surface area contributed by atoms with Crippen LogP contribution in [0, 0.1) is 5.92 Å². The number of hydrogen-bond acceptors (Lipinski definition) is 4. The zero-order valence-electron chi connectivity index (χ0n) is 14.9. The third kappa shape index (κ3) is 6.64. The van der Waals surface area contributed by atoms with Crippen LogP contribution in [0.2, 0.25) is 0 Å². The lowest BCUT2D eigenvalue weighted by Crippen LogP contribution is -2.41. The molecule has 2 atom stereocenters. The van der Waals surface area contributed by atoms with Crippen LogP contribution in [0.3, 0.4) is 0 Å². The Labute approximate surface area is 163 Å².